The van der Waals surface area contributed by atoms with Gasteiger partial charge >= 0.3 is 0 Å². The van der Waals surface area contributed by atoms with Crippen molar-refractivity contribution in [2.45, 2.75) is 33.4 Å². The molecule has 0 aliphatic rings. The molecular formula is C26H26FN5O3. The van der Waals surface area contributed by atoms with Gasteiger partial charge in [-0.25, -0.2) is 9.37 Å². The summed E-state index contributed by atoms with van der Waals surface area (Å²) < 4.78 is 22.2. The summed E-state index contributed by atoms with van der Waals surface area (Å²) in [5.74, 6) is -0.0465. The van der Waals surface area contributed by atoms with Crippen LogP contribution in [0.2, 0.25) is 0 Å². The number of imidazole rings is 1. The van der Waals surface area contributed by atoms with Gasteiger partial charge in [-0.05, 0) is 50.2 Å². The summed E-state index contributed by atoms with van der Waals surface area (Å²) in [6, 6.07) is 13.2. The lowest BCUT2D eigenvalue weighted by Gasteiger charge is -2.16. The molecule has 4 rings (SSSR count). The second-order valence-electron chi connectivity index (χ2n) is 8.06. The number of anilines is 1. The molecule has 2 heterocycles. The number of ether oxygens (including phenoxy) is 1. The van der Waals surface area contributed by atoms with Crippen LogP contribution in [0.3, 0.4) is 0 Å². The molecule has 0 spiro atoms. The molecule has 2 amide bonds. The first-order valence-corrected chi connectivity index (χ1v) is 11.3. The average Bonchev–Trinajstić information content (AvgIpc) is 3.20. The number of nitrogens with one attached hydrogen (secondary N) is 2. The Labute approximate surface area is 202 Å². The molecule has 4 aromatic rings. The highest BCUT2D eigenvalue weighted by Gasteiger charge is 2.22. The van der Waals surface area contributed by atoms with Crippen LogP contribution in [0.15, 0.2) is 60.9 Å². The van der Waals surface area contributed by atoms with E-state index in [0.29, 0.717) is 46.0 Å². The van der Waals surface area contributed by atoms with Gasteiger partial charge in [0.2, 0.25) is 5.91 Å². The second kappa shape index (κ2) is 10.3. The van der Waals surface area contributed by atoms with Gasteiger partial charge in [0.15, 0.2) is 0 Å². The zero-order chi connectivity index (χ0) is 24.9. The Kier molecular flexibility index (Phi) is 7.05. The standard InChI is InChI=1S/C26H26FN5O3/c1-4-32-24-21(26(34)29-14-16(2)35-19-8-7-11-28-15-19)12-18(30-17(3)33)13-23(24)31-25(32)20-9-5-6-10-22(20)27/h5-13,15-16H,4,14H2,1-3H3,(H,29,34)(H,30,33). The molecule has 0 aliphatic heterocycles. The van der Waals surface area contributed by atoms with Gasteiger partial charge in [-0.1, -0.05) is 12.1 Å². The third-order valence-electron chi connectivity index (χ3n) is 5.36. The van der Waals surface area contributed by atoms with Gasteiger partial charge in [0.1, 0.15) is 23.5 Å². The van der Waals surface area contributed by atoms with E-state index in [0.717, 1.165) is 0 Å². The van der Waals surface area contributed by atoms with Crippen molar-refractivity contribution >= 4 is 28.5 Å². The van der Waals surface area contributed by atoms with E-state index in [4.69, 9.17) is 4.74 Å². The summed E-state index contributed by atoms with van der Waals surface area (Å²) in [5.41, 5.74) is 2.10. The van der Waals surface area contributed by atoms with Crippen molar-refractivity contribution in [1.29, 1.82) is 0 Å². The van der Waals surface area contributed by atoms with E-state index < -0.39 is 5.82 Å². The van der Waals surface area contributed by atoms with Gasteiger partial charge < -0.3 is 19.9 Å². The van der Waals surface area contributed by atoms with E-state index in [1.807, 2.05) is 13.8 Å². The van der Waals surface area contributed by atoms with Crippen LogP contribution in [0, 0.1) is 5.82 Å². The lowest BCUT2D eigenvalue weighted by Crippen LogP contribution is -2.34. The molecule has 9 heteroatoms. The van der Waals surface area contributed by atoms with E-state index in [1.165, 1.54) is 13.0 Å². The molecule has 0 saturated heterocycles. The van der Waals surface area contributed by atoms with E-state index in [-0.39, 0.29) is 24.5 Å². The number of hydrogen-bond acceptors (Lipinski definition) is 5. The Morgan fingerprint density at radius 1 is 1.17 bits per heavy atom. The topological polar surface area (TPSA) is 98.1 Å². The van der Waals surface area contributed by atoms with Gasteiger partial charge in [0.05, 0.1) is 34.9 Å². The van der Waals surface area contributed by atoms with Crippen LogP contribution < -0.4 is 15.4 Å². The molecule has 0 bridgehead atoms. The number of aromatic nitrogens is 3. The molecule has 1 unspecified atom stereocenters. The van der Waals surface area contributed by atoms with Gasteiger partial charge in [0, 0.05) is 25.4 Å². The fraction of sp³-hybridized carbons (Fsp3) is 0.231. The number of halogens is 1. The molecule has 8 nitrogen and oxygen atoms in total. The summed E-state index contributed by atoms with van der Waals surface area (Å²) in [6.45, 7) is 5.82. The third kappa shape index (κ3) is 5.29. The Bertz CT molecular complexity index is 1370. The maximum Gasteiger partial charge on any atom is 0.253 e. The highest BCUT2D eigenvalue weighted by Crippen LogP contribution is 2.31. The molecule has 0 saturated carbocycles. The first-order valence-electron chi connectivity index (χ1n) is 11.3. The Morgan fingerprint density at radius 2 is 1.97 bits per heavy atom. The summed E-state index contributed by atoms with van der Waals surface area (Å²) in [4.78, 5) is 33.7. The maximum atomic E-state index is 14.6. The van der Waals surface area contributed by atoms with Crippen LogP contribution in [0.4, 0.5) is 10.1 Å². The smallest absolute Gasteiger partial charge is 0.253 e. The number of hydrogen-bond donors (Lipinski definition) is 2. The number of benzene rings is 2. The van der Waals surface area contributed by atoms with Gasteiger partial charge in [-0.3, -0.25) is 14.6 Å². The predicted octanol–water partition coefficient (Wildman–Crippen LogP) is 4.41. The van der Waals surface area contributed by atoms with Crippen molar-refractivity contribution in [3.63, 3.8) is 0 Å². The molecule has 0 radical (unpaired) electrons. The van der Waals surface area contributed by atoms with Gasteiger partial charge in [-0.2, -0.15) is 0 Å². The highest BCUT2D eigenvalue weighted by atomic mass is 19.1. The predicted molar refractivity (Wildman–Crippen MR) is 132 cm³/mol. The number of carbonyl (C=O) groups is 2. The highest BCUT2D eigenvalue weighted by molar-refractivity contribution is 6.08. The average molecular weight is 476 g/mol. The molecule has 2 aromatic heterocycles. The fourth-order valence-electron chi connectivity index (χ4n) is 3.90. The van der Waals surface area contributed by atoms with Crippen molar-refractivity contribution < 1.29 is 18.7 Å². The molecule has 1 atom stereocenters. The monoisotopic (exact) mass is 475 g/mol. The van der Waals surface area contributed by atoms with Crippen LogP contribution in [0.5, 0.6) is 5.75 Å². The number of fused-ring (bicyclic) bond motifs is 1. The number of aryl methyl sites for hydroxylation is 1. The Hall–Kier alpha value is -4.27. The summed E-state index contributed by atoms with van der Waals surface area (Å²) in [7, 11) is 0. The number of carbonyl (C=O) groups excluding carboxylic acids is 2. The zero-order valence-electron chi connectivity index (χ0n) is 19.7. The number of nitrogens with zero attached hydrogens (tertiary/aromatic N) is 3. The molecular weight excluding hydrogens is 449 g/mol. The SMILES string of the molecule is CCn1c(-c2ccccc2F)nc2cc(NC(C)=O)cc(C(=O)NCC(C)Oc3cccnc3)c21. The van der Waals surface area contributed by atoms with Crippen LogP contribution in [-0.4, -0.2) is 39.0 Å². The van der Waals surface area contributed by atoms with Crippen molar-refractivity contribution in [2.24, 2.45) is 0 Å². The maximum absolute atomic E-state index is 14.6. The van der Waals surface area contributed by atoms with Crippen LogP contribution >= 0.6 is 0 Å². The first kappa shape index (κ1) is 23.9. The van der Waals surface area contributed by atoms with Gasteiger partial charge in [-0.15, -0.1) is 0 Å². The van der Waals surface area contributed by atoms with Gasteiger partial charge in [0.25, 0.3) is 5.91 Å². The van der Waals surface area contributed by atoms with Crippen LogP contribution in [0.1, 0.15) is 31.1 Å². The largest absolute Gasteiger partial charge is 0.487 e. The minimum Gasteiger partial charge on any atom is -0.487 e. The quantitative estimate of drug-likeness (QED) is 0.393. The minimum absolute atomic E-state index is 0.236. The zero-order valence-corrected chi connectivity index (χ0v) is 19.7. The molecule has 180 valence electrons. The number of rotatable bonds is 8. The van der Waals surface area contributed by atoms with E-state index in [1.54, 1.807) is 59.4 Å². The summed E-state index contributed by atoms with van der Waals surface area (Å²) in [6.07, 6.45) is 2.93. The Morgan fingerprint density at radius 3 is 2.66 bits per heavy atom. The second-order valence-corrected chi connectivity index (χ2v) is 8.06. The summed E-state index contributed by atoms with van der Waals surface area (Å²) >= 11 is 0. The number of pyridine rings is 1. The molecule has 35 heavy (non-hydrogen) atoms. The van der Waals surface area contributed by atoms with Crippen molar-refractivity contribution in [1.82, 2.24) is 19.9 Å². The number of amides is 2. The van der Waals surface area contributed by atoms with E-state index >= 15 is 0 Å². The molecule has 0 aliphatic carbocycles. The summed E-state index contributed by atoms with van der Waals surface area (Å²) in [5, 5.41) is 5.60. The van der Waals surface area contributed by atoms with Crippen LogP contribution in [-0.2, 0) is 11.3 Å². The van der Waals surface area contributed by atoms with Crippen LogP contribution in [0.25, 0.3) is 22.4 Å². The third-order valence-corrected chi connectivity index (χ3v) is 5.36. The fourth-order valence-corrected chi connectivity index (χ4v) is 3.90. The van der Waals surface area contributed by atoms with E-state index in [9.17, 15) is 14.0 Å². The van der Waals surface area contributed by atoms with E-state index in [2.05, 4.69) is 20.6 Å². The normalized spacial score (nSPS) is 11.8. The molecule has 2 N–H and O–H groups in total. The molecule has 2 aromatic carbocycles. The van der Waals surface area contributed by atoms with Crippen molar-refractivity contribution in [3.05, 3.63) is 72.3 Å². The lowest BCUT2D eigenvalue weighted by molar-refractivity contribution is -0.114. The molecule has 0 fully saturated rings. The first-order chi connectivity index (χ1) is 16.9. The Balaban J connectivity index is 1.71. The van der Waals surface area contributed by atoms with Crippen molar-refractivity contribution in [2.75, 3.05) is 11.9 Å². The minimum atomic E-state index is -0.410. The van der Waals surface area contributed by atoms with Crippen molar-refractivity contribution in [3.8, 4) is 17.1 Å². The lowest BCUT2D eigenvalue weighted by atomic mass is 10.1.